The molecule has 0 aliphatic rings. The topological polar surface area (TPSA) is 29.1 Å². The smallest absolute Gasteiger partial charge is 0.163 e. The Hall–Kier alpha value is -1.15. The molecule has 82 valence electrons. The summed E-state index contributed by atoms with van der Waals surface area (Å²) < 4.78 is 0. The van der Waals surface area contributed by atoms with Crippen molar-refractivity contribution in [2.45, 2.75) is 26.7 Å². The Kier molecular flexibility index (Phi) is 4.50. The van der Waals surface area contributed by atoms with Gasteiger partial charge in [0.15, 0.2) is 5.78 Å². The third kappa shape index (κ3) is 3.17. The van der Waals surface area contributed by atoms with Crippen molar-refractivity contribution in [2.24, 2.45) is 0 Å². The number of carbonyl (C=O) groups excluding carboxylic acids is 1. The summed E-state index contributed by atoms with van der Waals surface area (Å²) in [5.74, 6) is 0.256. The Bertz CT molecular complexity index is 344. The Labute approximate surface area is 91.7 Å². The van der Waals surface area contributed by atoms with E-state index in [2.05, 4.69) is 5.32 Å². The van der Waals surface area contributed by atoms with Crippen LogP contribution in [-0.4, -0.2) is 19.4 Å². The van der Waals surface area contributed by atoms with Gasteiger partial charge in [-0.05, 0) is 45.0 Å². The van der Waals surface area contributed by atoms with Crippen LogP contribution in [-0.2, 0) is 0 Å². The molecular formula is C13H19NO. The first-order valence-corrected chi connectivity index (χ1v) is 5.41. The van der Waals surface area contributed by atoms with Crippen molar-refractivity contribution in [2.75, 3.05) is 13.6 Å². The minimum Gasteiger partial charge on any atom is -0.320 e. The van der Waals surface area contributed by atoms with Gasteiger partial charge in [-0.25, -0.2) is 0 Å². The number of benzene rings is 1. The van der Waals surface area contributed by atoms with Crippen molar-refractivity contribution in [3.63, 3.8) is 0 Å². The predicted molar refractivity (Wildman–Crippen MR) is 63.4 cm³/mol. The van der Waals surface area contributed by atoms with Gasteiger partial charge in [0.05, 0.1) is 0 Å². The van der Waals surface area contributed by atoms with Crippen LogP contribution in [0.5, 0.6) is 0 Å². The van der Waals surface area contributed by atoms with Crippen LogP contribution in [0.3, 0.4) is 0 Å². The van der Waals surface area contributed by atoms with Gasteiger partial charge in [-0.1, -0.05) is 18.2 Å². The summed E-state index contributed by atoms with van der Waals surface area (Å²) in [4.78, 5) is 11.9. The largest absolute Gasteiger partial charge is 0.320 e. The van der Waals surface area contributed by atoms with Crippen LogP contribution in [0.2, 0.25) is 0 Å². The van der Waals surface area contributed by atoms with Gasteiger partial charge >= 0.3 is 0 Å². The summed E-state index contributed by atoms with van der Waals surface area (Å²) in [6.45, 7) is 4.96. The Morgan fingerprint density at radius 2 is 2.07 bits per heavy atom. The van der Waals surface area contributed by atoms with E-state index in [1.54, 1.807) is 0 Å². The van der Waals surface area contributed by atoms with Crippen LogP contribution < -0.4 is 5.32 Å². The monoisotopic (exact) mass is 205 g/mol. The van der Waals surface area contributed by atoms with Crippen LogP contribution in [0.25, 0.3) is 0 Å². The maximum Gasteiger partial charge on any atom is 0.163 e. The molecule has 15 heavy (non-hydrogen) atoms. The lowest BCUT2D eigenvalue weighted by Crippen LogP contribution is -2.10. The summed E-state index contributed by atoms with van der Waals surface area (Å²) in [6, 6.07) is 5.91. The molecule has 1 aromatic carbocycles. The van der Waals surface area contributed by atoms with Gasteiger partial charge in [-0.15, -0.1) is 0 Å². The minimum atomic E-state index is 0.256. The van der Waals surface area contributed by atoms with Crippen molar-refractivity contribution in [1.29, 1.82) is 0 Å². The van der Waals surface area contributed by atoms with Gasteiger partial charge in [0, 0.05) is 12.0 Å². The molecule has 0 aromatic heterocycles. The van der Waals surface area contributed by atoms with Crippen molar-refractivity contribution in [1.82, 2.24) is 5.32 Å². The van der Waals surface area contributed by atoms with E-state index < -0.39 is 0 Å². The van der Waals surface area contributed by atoms with Crippen molar-refractivity contribution in [3.8, 4) is 0 Å². The number of aryl methyl sites for hydroxylation is 1. The molecule has 0 aliphatic carbocycles. The number of hydrogen-bond donors (Lipinski definition) is 1. The molecule has 0 spiro atoms. The maximum absolute atomic E-state index is 11.9. The second-order valence-corrected chi connectivity index (χ2v) is 3.88. The van der Waals surface area contributed by atoms with E-state index in [-0.39, 0.29) is 5.78 Å². The van der Waals surface area contributed by atoms with E-state index in [1.807, 2.05) is 39.1 Å². The Morgan fingerprint density at radius 1 is 1.33 bits per heavy atom. The molecule has 1 aromatic rings. The molecule has 2 heteroatoms. The molecule has 1 N–H and O–H groups in total. The van der Waals surface area contributed by atoms with Gasteiger partial charge < -0.3 is 5.32 Å². The predicted octanol–water partition coefficient (Wildman–Crippen LogP) is 2.49. The molecule has 0 saturated heterocycles. The molecule has 0 unspecified atom stereocenters. The van der Waals surface area contributed by atoms with Gasteiger partial charge in [0.25, 0.3) is 0 Å². The molecule has 0 bridgehead atoms. The van der Waals surface area contributed by atoms with Crippen LogP contribution >= 0.6 is 0 Å². The summed E-state index contributed by atoms with van der Waals surface area (Å²) in [7, 11) is 1.91. The van der Waals surface area contributed by atoms with E-state index in [0.717, 1.165) is 24.1 Å². The average molecular weight is 205 g/mol. The number of nitrogens with one attached hydrogen (secondary N) is 1. The molecule has 1 rings (SSSR count). The SMILES string of the molecule is CNCCCC(=O)c1cccc(C)c1C. The lowest BCUT2D eigenvalue weighted by atomic mass is 9.98. The first-order valence-electron chi connectivity index (χ1n) is 5.41. The highest BCUT2D eigenvalue weighted by molar-refractivity contribution is 5.97. The van der Waals surface area contributed by atoms with Crippen LogP contribution in [0.1, 0.15) is 34.3 Å². The van der Waals surface area contributed by atoms with E-state index >= 15 is 0 Å². The number of Topliss-reactive ketones (excluding diaryl/α,β-unsaturated/α-hetero) is 1. The molecule has 0 radical (unpaired) electrons. The summed E-state index contributed by atoms with van der Waals surface area (Å²) in [5, 5.41) is 3.05. The third-order valence-electron chi connectivity index (χ3n) is 2.74. The first kappa shape index (κ1) is 11.9. The van der Waals surface area contributed by atoms with Crippen molar-refractivity contribution in [3.05, 3.63) is 34.9 Å². The fourth-order valence-electron chi connectivity index (χ4n) is 1.61. The van der Waals surface area contributed by atoms with Crippen molar-refractivity contribution < 1.29 is 4.79 Å². The zero-order valence-electron chi connectivity index (χ0n) is 9.76. The highest BCUT2D eigenvalue weighted by atomic mass is 16.1. The number of ketones is 1. The lowest BCUT2D eigenvalue weighted by Gasteiger charge is -2.07. The van der Waals surface area contributed by atoms with E-state index in [4.69, 9.17) is 0 Å². The molecule has 0 amide bonds. The molecule has 0 atom stereocenters. The normalized spacial score (nSPS) is 10.3. The lowest BCUT2D eigenvalue weighted by molar-refractivity contribution is 0.0979. The fraction of sp³-hybridized carbons (Fsp3) is 0.462. The zero-order valence-corrected chi connectivity index (χ0v) is 9.76. The quantitative estimate of drug-likeness (QED) is 0.591. The van der Waals surface area contributed by atoms with Gasteiger partial charge in [-0.3, -0.25) is 4.79 Å². The van der Waals surface area contributed by atoms with Crippen LogP contribution in [0.15, 0.2) is 18.2 Å². The molecule has 0 fully saturated rings. The zero-order chi connectivity index (χ0) is 11.3. The molecule has 2 nitrogen and oxygen atoms in total. The molecule has 0 aliphatic heterocycles. The summed E-state index contributed by atoms with van der Waals surface area (Å²) in [5.41, 5.74) is 3.19. The van der Waals surface area contributed by atoms with Gasteiger partial charge in [-0.2, -0.15) is 0 Å². The van der Waals surface area contributed by atoms with Crippen molar-refractivity contribution >= 4 is 5.78 Å². The van der Waals surface area contributed by atoms with E-state index in [0.29, 0.717) is 6.42 Å². The Balaban J connectivity index is 2.69. The van der Waals surface area contributed by atoms with Crippen LogP contribution in [0.4, 0.5) is 0 Å². The van der Waals surface area contributed by atoms with Gasteiger partial charge in [0.2, 0.25) is 0 Å². The second kappa shape index (κ2) is 5.66. The Morgan fingerprint density at radius 3 is 2.73 bits per heavy atom. The maximum atomic E-state index is 11.9. The summed E-state index contributed by atoms with van der Waals surface area (Å²) in [6.07, 6.45) is 1.54. The number of carbonyl (C=O) groups is 1. The van der Waals surface area contributed by atoms with Gasteiger partial charge in [0.1, 0.15) is 0 Å². The first-order chi connectivity index (χ1) is 7.16. The second-order valence-electron chi connectivity index (χ2n) is 3.88. The standard InChI is InChI=1S/C13H19NO/c1-10-6-4-7-12(11(10)2)13(15)8-5-9-14-3/h4,6-7,14H,5,8-9H2,1-3H3. The van der Waals surface area contributed by atoms with E-state index in [1.165, 1.54) is 5.56 Å². The molecule has 0 saturated carbocycles. The average Bonchev–Trinajstić information content (AvgIpc) is 2.22. The highest BCUT2D eigenvalue weighted by Crippen LogP contribution is 2.15. The highest BCUT2D eigenvalue weighted by Gasteiger charge is 2.09. The number of rotatable bonds is 5. The minimum absolute atomic E-state index is 0.256. The number of hydrogen-bond acceptors (Lipinski definition) is 2. The summed E-state index contributed by atoms with van der Waals surface area (Å²) >= 11 is 0. The fourth-order valence-corrected chi connectivity index (χ4v) is 1.61. The van der Waals surface area contributed by atoms with Crippen LogP contribution in [0, 0.1) is 13.8 Å². The molecule has 0 heterocycles. The molecular weight excluding hydrogens is 186 g/mol. The third-order valence-corrected chi connectivity index (χ3v) is 2.74. The van der Waals surface area contributed by atoms with E-state index in [9.17, 15) is 4.79 Å².